The molecule has 1 saturated heterocycles. The van der Waals surface area contributed by atoms with Crippen LogP contribution in [0.3, 0.4) is 0 Å². The number of anilines is 2. The summed E-state index contributed by atoms with van der Waals surface area (Å²) >= 11 is 0. The van der Waals surface area contributed by atoms with Gasteiger partial charge in [0.1, 0.15) is 11.5 Å². The van der Waals surface area contributed by atoms with Crippen molar-refractivity contribution in [2.24, 2.45) is 0 Å². The van der Waals surface area contributed by atoms with Crippen LogP contribution in [0.5, 0.6) is 0 Å². The molecule has 1 aliphatic heterocycles. The van der Waals surface area contributed by atoms with Gasteiger partial charge in [-0.15, -0.1) is 0 Å². The van der Waals surface area contributed by atoms with Crippen LogP contribution in [0, 0.1) is 0 Å². The molecule has 0 saturated carbocycles. The largest absolute Gasteiger partial charge is 0.416 e. The van der Waals surface area contributed by atoms with Crippen molar-refractivity contribution in [2.45, 2.75) is 6.18 Å². The van der Waals surface area contributed by atoms with Gasteiger partial charge in [-0.05, 0) is 18.2 Å². The van der Waals surface area contributed by atoms with Gasteiger partial charge < -0.3 is 19.6 Å². The molecule has 158 valence electrons. The van der Waals surface area contributed by atoms with Crippen molar-refractivity contribution in [3.8, 4) is 23.0 Å². The van der Waals surface area contributed by atoms with Gasteiger partial charge in [0.2, 0.25) is 5.82 Å². The zero-order valence-electron chi connectivity index (χ0n) is 16.4. The van der Waals surface area contributed by atoms with Gasteiger partial charge in [0.25, 0.3) is 5.89 Å². The third-order valence-electron chi connectivity index (χ3n) is 4.74. The number of rotatable bonds is 4. The van der Waals surface area contributed by atoms with Crippen molar-refractivity contribution < 1.29 is 17.7 Å². The number of benzene rings is 1. The molecular weight excluding hydrogens is 399 g/mol. The van der Waals surface area contributed by atoms with Crippen molar-refractivity contribution in [3.63, 3.8) is 0 Å². The van der Waals surface area contributed by atoms with Crippen molar-refractivity contribution in [1.29, 1.82) is 0 Å². The quantitative estimate of drug-likeness (QED) is 0.691. The maximum absolute atomic E-state index is 13.3. The Morgan fingerprint density at radius 1 is 1.07 bits per heavy atom. The van der Waals surface area contributed by atoms with Gasteiger partial charge in [0, 0.05) is 51.5 Å². The highest BCUT2D eigenvalue weighted by molar-refractivity contribution is 5.65. The zero-order chi connectivity index (χ0) is 21.3. The lowest BCUT2D eigenvalue weighted by Crippen LogP contribution is -2.43. The Hall–Kier alpha value is -3.21. The third-order valence-corrected chi connectivity index (χ3v) is 4.74. The minimum atomic E-state index is -4.49. The maximum atomic E-state index is 13.3. The molecule has 0 unspecified atom stereocenters. The van der Waals surface area contributed by atoms with Gasteiger partial charge in [-0.3, -0.25) is 0 Å². The molecule has 1 N–H and O–H groups in total. The average Bonchev–Trinajstić information content (AvgIpc) is 3.24. The van der Waals surface area contributed by atoms with Gasteiger partial charge in [0.15, 0.2) is 0 Å². The Labute approximate surface area is 170 Å². The van der Waals surface area contributed by atoms with E-state index in [0.29, 0.717) is 11.4 Å². The predicted molar refractivity (Wildman–Crippen MR) is 105 cm³/mol. The number of hydrogen-bond acceptors (Lipinski definition) is 8. The van der Waals surface area contributed by atoms with Crippen LogP contribution in [-0.4, -0.2) is 60.4 Å². The molecule has 1 aliphatic rings. The van der Waals surface area contributed by atoms with E-state index in [9.17, 15) is 13.2 Å². The van der Waals surface area contributed by atoms with Gasteiger partial charge in [-0.25, -0.2) is 9.97 Å². The van der Waals surface area contributed by atoms with Gasteiger partial charge in [0.05, 0.1) is 18.0 Å². The van der Waals surface area contributed by atoms with E-state index in [4.69, 9.17) is 4.52 Å². The van der Waals surface area contributed by atoms with E-state index in [1.54, 1.807) is 31.3 Å². The zero-order valence-corrected chi connectivity index (χ0v) is 16.4. The summed E-state index contributed by atoms with van der Waals surface area (Å²) in [5.41, 5.74) is 0.143. The number of hydrogen-bond donors (Lipinski definition) is 1. The number of halogens is 3. The van der Waals surface area contributed by atoms with Crippen molar-refractivity contribution >= 4 is 11.5 Å². The van der Waals surface area contributed by atoms with E-state index in [2.05, 4.69) is 30.3 Å². The number of nitrogens with one attached hydrogen (secondary N) is 1. The lowest BCUT2D eigenvalue weighted by Gasteiger charge is -2.27. The van der Waals surface area contributed by atoms with Gasteiger partial charge in [-0.1, -0.05) is 5.16 Å². The number of piperazine rings is 1. The summed E-state index contributed by atoms with van der Waals surface area (Å²) in [7, 11) is 3.32. The lowest BCUT2D eigenvalue weighted by molar-refractivity contribution is -0.137. The fourth-order valence-electron chi connectivity index (χ4n) is 3.10. The Morgan fingerprint density at radius 3 is 2.47 bits per heavy atom. The molecule has 0 bridgehead atoms. The Bertz CT molecular complexity index is 1010. The Morgan fingerprint density at radius 2 is 1.83 bits per heavy atom. The van der Waals surface area contributed by atoms with Gasteiger partial charge in [-0.2, -0.15) is 18.2 Å². The van der Waals surface area contributed by atoms with Crippen molar-refractivity contribution in [2.75, 3.05) is 50.1 Å². The first-order valence-electron chi connectivity index (χ1n) is 9.33. The summed E-state index contributed by atoms with van der Waals surface area (Å²) < 4.78 is 45.1. The summed E-state index contributed by atoms with van der Waals surface area (Å²) in [6.45, 7) is 3.43. The van der Waals surface area contributed by atoms with E-state index >= 15 is 0 Å². The first-order chi connectivity index (χ1) is 14.3. The second-order valence-electron chi connectivity index (χ2n) is 7.08. The molecule has 1 aromatic carbocycles. The summed E-state index contributed by atoms with van der Waals surface area (Å²) in [5.74, 6) is 0.887. The highest BCUT2D eigenvalue weighted by Gasteiger charge is 2.32. The number of nitrogens with zero attached hydrogens (tertiary/aromatic N) is 6. The first-order valence-corrected chi connectivity index (χ1v) is 9.33. The Balaban J connectivity index is 1.62. The molecule has 2 aromatic heterocycles. The fraction of sp³-hybridized carbons (Fsp3) is 0.368. The standard InChI is InChI=1S/C19H20F3N7O/c1-28(2)14-8-12(7-13(9-14)19(20,21)22)18-26-17(27-30-18)15-10-25-16(11-24-15)29-5-3-23-4-6-29/h7-11,23H,3-6H2,1-2H3. The SMILES string of the molecule is CN(C)c1cc(-c2nc(-c3cnc(N4CCNCC4)cn3)no2)cc(C(F)(F)F)c1. The highest BCUT2D eigenvalue weighted by Crippen LogP contribution is 2.35. The Kier molecular flexibility index (Phi) is 5.29. The molecule has 0 amide bonds. The topological polar surface area (TPSA) is 83.2 Å². The van der Waals surface area contributed by atoms with Gasteiger partial charge >= 0.3 is 6.18 Å². The second-order valence-corrected chi connectivity index (χ2v) is 7.08. The molecule has 11 heteroatoms. The van der Waals surface area contributed by atoms with Crippen LogP contribution in [0.15, 0.2) is 35.1 Å². The molecule has 0 atom stereocenters. The predicted octanol–water partition coefficient (Wildman–Crippen LogP) is 2.69. The second kappa shape index (κ2) is 7.90. The van der Waals surface area contributed by atoms with E-state index < -0.39 is 11.7 Å². The molecule has 30 heavy (non-hydrogen) atoms. The minimum Gasteiger partial charge on any atom is -0.378 e. The number of alkyl halides is 3. The maximum Gasteiger partial charge on any atom is 0.416 e. The van der Waals surface area contributed by atoms with Crippen molar-refractivity contribution in [3.05, 3.63) is 36.2 Å². The van der Waals surface area contributed by atoms with Crippen LogP contribution < -0.4 is 15.1 Å². The molecule has 3 heterocycles. The first kappa shape index (κ1) is 20.1. The van der Waals surface area contributed by atoms with Crippen LogP contribution in [0.1, 0.15) is 5.56 Å². The van der Waals surface area contributed by atoms with Crippen LogP contribution in [0.2, 0.25) is 0 Å². The molecular formula is C19H20F3N7O. The summed E-state index contributed by atoms with van der Waals surface area (Å²) in [4.78, 5) is 16.7. The number of aromatic nitrogens is 4. The van der Waals surface area contributed by atoms with E-state index in [1.807, 2.05) is 0 Å². The average molecular weight is 419 g/mol. The molecule has 3 aromatic rings. The highest BCUT2D eigenvalue weighted by atomic mass is 19.4. The van der Waals surface area contributed by atoms with Crippen LogP contribution in [0.25, 0.3) is 23.0 Å². The lowest BCUT2D eigenvalue weighted by atomic mass is 10.1. The van der Waals surface area contributed by atoms with Crippen LogP contribution >= 0.6 is 0 Å². The molecule has 0 aliphatic carbocycles. The third kappa shape index (κ3) is 4.20. The fourth-order valence-corrected chi connectivity index (χ4v) is 3.10. The monoisotopic (exact) mass is 419 g/mol. The molecule has 8 nitrogen and oxygen atoms in total. The van der Waals surface area contributed by atoms with E-state index in [0.717, 1.165) is 44.1 Å². The summed E-state index contributed by atoms with van der Waals surface area (Å²) in [6.07, 6.45) is -1.33. The molecule has 0 spiro atoms. The molecule has 4 rings (SSSR count). The minimum absolute atomic E-state index is 0.0211. The summed E-state index contributed by atoms with van der Waals surface area (Å²) in [6, 6.07) is 3.62. The molecule has 1 fully saturated rings. The molecule has 0 radical (unpaired) electrons. The normalized spacial score (nSPS) is 14.8. The van der Waals surface area contributed by atoms with Crippen molar-refractivity contribution in [1.82, 2.24) is 25.4 Å². The van der Waals surface area contributed by atoms with Crippen LogP contribution in [0.4, 0.5) is 24.7 Å². The smallest absolute Gasteiger partial charge is 0.378 e. The van der Waals surface area contributed by atoms with E-state index in [1.165, 1.54) is 6.20 Å². The van der Waals surface area contributed by atoms with E-state index in [-0.39, 0.29) is 17.3 Å². The summed E-state index contributed by atoms with van der Waals surface area (Å²) in [5, 5.41) is 7.13. The van der Waals surface area contributed by atoms with Crippen LogP contribution in [-0.2, 0) is 6.18 Å².